The van der Waals surface area contributed by atoms with Crippen molar-refractivity contribution in [3.63, 3.8) is 0 Å². The lowest BCUT2D eigenvalue weighted by Crippen LogP contribution is -2.29. The third-order valence-electron chi connectivity index (χ3n) is 5.30. The van der Waals surface area contributed by atoms with Crippen LogP contribution in [0.15, 0.2) is 59.4 Å². The van der Waals surface area contributed by atoms with Crippen molar-refractivity contribution in [2.24, 2.45) is 0 Å². The van der Waals surface area contributed by atoms with E-state index < -0.39 is 0 Å². The third kappa shape index (κ3) is 4.25. The molecule has 144 valence electrons. The van der Waals surface area contributed by atoms with E-state index in [9.17, 15) is 9.59 Å². The predicted octanol–water partition coefficient (Wildman–Crippen LogP) is 4.09. The second-order valence-corrected chi connectivity index (χ2v) is 7.36. The summed E-state index contributed by atoms with van der Waals surface area (Å²) in [7, 11) is 0. The van der Waals surface area contributed by atoms with Crippen LogP contribution in [0.2, 0.25) is 0 Å². The number of rotatable bonds is 5. The number of pyridine rings is 1. The number of H-pyrrole nitrogens is 1. The van der Waals surface area contributed by atoms with Gasteiger partial charge in [-0.25, -0.2) is 0 Å². The Hall–Kier alpha value is -3.08. The highest BCUT2D eigenvalue weighted by Crippen LogP contribution is 2.23. The predicted molar refractivity (Wildman–Crippen MR) is 114 cm³/mol. The number of nitrogens with zero attached hydrogens (tertiary/aromatic N) is 1. The first kappa shape index (κ1) is 18.3. The quantitative estimate of drug-likeness (QED) is 0.706. The Labute approximate surface area is 164 Å². The topological polar surface area (TPSA) is 65.2 Å². The van der Waals surface area contributed by atoms with Gasteiger partial charge in [-0.1, -0.05) is 24.3 Å². The Bertz CT molecular complexity index is 1040. The van der Waals surface area contributed by atoms with Crippen molar-refractivity contribution in [1.29, 1.82) is 0 Å². The van der Waals surface area contributed by atoms with Gasteiger partial charge < -0.3 is 15.2 Å². The number of amides is 1. The van der Waals surface area contributed by atoms with E-state index in [1.54, 1.807) is 0 Å². The fraction of sp³-hybridized carbons (Fsp3) is 0.304. The van der Waals surface area contributed by atoms with Crippen molar-refractivity contribution < 1.29 is 4.79 Å². The molecule has 0 aliphatic carbocycles. The van der Waals surface area contributed by atoms with Gasteiger partial charge in [-0.3, -0.25) is 9.59 Å². The molecule has 1 aliphatic rings. The summed E-state index contributed by atoms with van der Waals surface area (Å²) in [5.74, 6) is -0.0802. The molecule has 1 amide bonds. The molecule has 0 radical (unpaired) electrons. The van der Waals surface area contributed by atoms with Crippen LogP contribution in [0.4, 0.5) is 11.4 Å². The molecule has 2 N–H and O–H groups in total. The number of anilines is 2. The van der Waals surface area contributed by atoms with Crippen LogP contribution in [0.3, 0.4) is 0 Å². The minimum atomic E-state index is -0.126. The number of aromatic nitrogens is 1. The van der Waals surface area contributed by atoms with E-state index in [1.807, 2.05) is 48.5 Å². The molecule has 2 heterocycles. The molecule has 0 unspecified atom stereocenters. The van der Waals surface area contributed by atoms with Gasteiger partial charge in [0.2, 0.25) is 5.91 Å². The number of hydrogen-bond acceptors (Lipinski definition) is 3. The van der Waals surface area contributed by atoms with E-state index in [0.29, 0.717) is 12.0 Å². The van der Waals surface area contributed by atoms with Gasteiger partial charge in [-0.15, -0.1) is 0 Å². The molecule has 1 aromatic heterocycles. The molecule has 28 heavy (non-hydrogen) atoms. The number of aromatic amines is 1. The SMILES string of the molecule is O=C(CCc1cc2ccccc2[nH]c1=O)Nc1cccc(N2CCCCC2)c1. The van der Waals surface area contributed by atoms with Crippen LogP contribution in [0.5, 0.6) is 0 Å². The average Bonchev–Trinajstić information content (AvgIpc) is 2.73. The van der Waals surface area contributed by atoms with Crippen LogP contribution in [0, 0.1) is 0 Å². The largest absolute Gasteiger partial charge is 0.371 e. The van der Waals surface area contributed by atoms with E-state index in [1.165, 1.54) is 19.3 Å². The standard InChI is InChI=1S/C23H25N3O2/c27-22(12-11-18-15-17-7-2-3-10-21(17)25-23(18)28)24-19-8-6-9-20(16-19)26-13-4-1-5-14-26/h2-3,6-10,15-16H,1,4-5,11-14H2,(H,24,27)(H,25,28). The van der Waals surface area contributed by atoms with Crippen molar-refractivity contribution in [3.8, 4) is 0 Å². The normalized spacial score (nSPS) is 14.2. The molecule has 1 saturated heterocycles. The van der Waals surface area contributed by atoms with Gasteiger partial charge in [0.1, 0.15) is 0 Å². The number of piperidine rings is 1. The Kier molecular flexibility index (Phi) is 5.42. The Balaban J connectivity index is 1.40. The molecule has 5 heteroatoms. The summed E-state index contributed by atoms with van der Waals surface area (Å²) in [5, 5.41) is 3.95. The number of aryl methyl sites for hydroxylation is 1. The number of benzene rings is 2. The molecule has 0 saturated carbocycles. The zero-order valence-electron chi connectivity index (χ0n) is 15.9. The third-order valence-corrected chi connectivity index (χ3v) is 5.30. The van der Waals surface area contributed by atoms with Crippen molar-refractivity contribution in [1.82, 2.24) is 4.98 Å². The molecule has 5 nitrogen and oxygen atoms in total. The minimum Gasteiger partial charge on any atom is -0.371 e. The first-order chi connectivity index (χ1) is 13.7. The van der Waals surface area contributed by atoms with Crippen molar-refractivity contribution in [2.45, 2.75) is 32.1 Å². The first-order valence-electron chi connectivity index (χ1n) is 9.95. The zero-order chi connectivity index (χ0) is 19.3. The van der Waals surface area contributed by atoms with E-state index in [0.717, 1.165) is 35.4 Å². The summed E-state index contributed by atoms with van der Waals surface area (Å²) in [4.78, 5) is 29.9. The van der Waals surface area contributed by atoms with E-state index >= 15 is 0 Å². The summed E-state index contributed by atoms with van der Waals surface area (Å²) in [6.07, 6.45) is 4.42. The number of nitrogens with one attached hydrogen (secondary N) is 2. The molecule has 4 rings (SSSR count). The maximum Gasteiger partial charge on any atom is 0.251 e. The Morgan fingerprint density at radius 3 is 2.68 bits per heavy atom. The fourth-order valence-electron chi connectivity index (χ4n) is 3.78. The molecular formula is C23H25N3O2. The summed E-state index contributed by atoms with van der Waals surface area (Å²) >= 11 is 0. The van der Waals surface area contributed by atoms with Crippen molar-refractivity contribution >= 4 is 28.2 Å². The van der Waals surface area contributed by atoms with Crippen LogP contribution in [0.1, 0.15) is 31.2 Å². The summed E-state index contributed by atoms with van der Waals surface area (Å²) in [6, 6.07) is 17.6. The average molecular weight is 375 g/mol. The maximum absolute atomic E-state index is 12.4. The van der Waals surface area contributed by atoms with Crippen LogP contribution in [-0.4, -0.2) is 24.0 Å². The van der Waals surface area contributed by atoms with Gasteiger partial charge in [0.25, 0.3) is 5.56 Å². The van der Waals surface area contributed by atoms with E-state index in [-0.39, 0.29) is 17.9 Å². The number of carbonyl (C=O) groups excluding carboxylic acids is 1. The second kappa shape index (κ2) is 8.30. The smallest absolute Gasteiger partial charge is 0.251 e. The van der Waals surface area contributed by atoms with Gasteiger partial charge in [-0.05, 0) is 61.4 Å². The molecular weight excluding hydrogens is 350 g/mol. The summed E-state index contributed by atoms with van der Waals surface area (Å²) in [6.45, 7) is 2.14. The Morgan fingerprint density at radius 1 is 1.00 bits per heavy atom. The first-order valence-corrected chi connectivity index (χ1v) is 9.95. The molecule has 2 aromatic carbocycles. The van der Waals surface area contributed by atoms with Gasteiger partial charge in [-0.2, -0.15) is 0 Å². The summed E-state index contributed by atoms with van der Waals surface area (Å²) < 4.78 is 0. The van der Waals surface area contributed by atoms with Crippen LogP contribution in [0.25, 0.3) is 10.9 Å². The van der Waals surface area contributed by atoms with Crippen molar-refractivity contribution in [3.05, 3.63) is 70.5 Å². The van der Waals surface area contributed by atoms with Crippen LogP contribution < -0.4 is 15.8 Å². The second-order valence-electron chi connectivity index (χ2n) is 7.36. The molecule has 1 aliphatic heterocycles. The highest BCUT2D eigenvalue weighted by atomic mass is 16.1. The van der Waals surface area contributed by atoms with Gasteiger partial charge >= 0.3 is 0 Å². The number of hydrogen-bond donors (Lipinski definition) is 2. The number of fused-ring (bicyclic) bond motifs is 1. The molecule has 0 atom stereocenters. The van der Waals surface area contributed by atoms with Gasteiger partial charge in [0, 0.05) is 42.0 Å². The fourth-order valence-corrected chi connectivity index (χ4v) is 3.78. The molecule has 0 bridgehead atoms. The van der Waals surface area contributed by atoms with Gasteiger partial charge in [0.15, 0.2) is 0 Å². The number of carbonyl (C=O) groups is 1. The number of para-hydroxylation sites is 1. The maximum atomic E-state index is 12.4. The van der Waals surface area contributed by atoms with Crippen molar-refractivity contribution in [2.75, 3.05) is 23.3 Å². The van der Waals surface area contributed by atoms with Crippen LogP contribution in [-0.2, 0) is 11.2 Å². The van der Waals surface area contributed by atoms with Crippen LogP contribution >= 0.6 is 0 Å². The molecule has 0 spiro atoms. The van der Waals surface area contributed by atoms with E-state index in [4.69, 9.17) is 0 Å². The van der Waals surface area contributed by atoms with E-state index in [2.05, 4.69) is 21.3 Å². The van der Waals surface area contributed by atoms with Gasteiger partial charge in [0.05, 0.1) is 0 Å². The Morgan fingerprint density at radius 2 is 1.82 bits per heavy atom. The summed E-state index contributed by atoms with van der Waals surface area (Å²) in [5.41, 5.74) is 3.29. The highest BCUT2D eigenvalue weighted by molar-refractivity contribution is 5.91. The lowest BCUT2D eigenvalue weighted by atomic mass is 10.1. The molecule has 1 fully saturated rings. The minimum absolute atomic E-state index is 0.0802. The monoisotopic (exact) mass is 375 g/mol. The lowest BCUT2D eigenvalue weighted by molar-refractivity contribution is -0.116. The molecule has 3 aromatic rings. The lowest BCUT2D eigenvalue weighted by Gasteiger charge is -2.29. The zero-order valence-corrected chi connectivity index (χ0v) is 15.9. The highest BCUT2D eigenvalue weighted by Gasteiger charge is 2.12.